The van der Waals surface area contributed by atoms with Crippen LogP contribution in [-0.4, -0.2) is 10.8 Å². The minimum absolute atomic E-state index is 0.177. The second-order valence-corrected chi connectivity index (χ2v) is 4.03. The molecule has 1 atom stereocenters. The van der Waals surface area contributed by atoms with E-state index in [2.05, 4.69) is 11.1 Å². The van der Waals surface area contributed by atoms with E-state index < -0.39 is 5.92 Å². The number of pyridine rings is 1. The Morgan fingerprint density at radius 2 is 2.06 bits per heavy atom. The predicted octanol–water partition coefficient (Wildman–Crippen LogP) is 2.88. The van der Waals surface area contributed by atoms with Gasteiger partial charge in [-0.2, -0.15) is 5.26 Å². The van der Waals surface area contributed by atoms with Gasteiger partial charge in [0, 0.05) is 18.0 Å². The van der Waals surface area contributed by atoms with Gasteiger partial charge in [0.25, 0.3) is 0 Å². The normalized spacial score (nSPS) is 11.6. The van der Waals surface area contributed by atoms with Gasteiger partial charge in [-0.1, -0.05) is 30.3 Å². The van der Waals surface area contributed by atoms with Gasteiger partial charge in [-0.15, -0.1) is 0 Å². The number of hydrogen-bond acceptors (Lipinski definition) is 3. The van der Waals surface area contributed by atoms with E-state index in [1.807, 2.05) is 19.1 Å². The highest BCUT2D eigenvalue weighted by Gasteiger charge is 2.22. The van der Waals surface area contributed by atoms with E-state index in [9.17, 15) is 10.1 Å². The molecule has 0 saturated carbocycles. The number of rotatable bonds is 3. The summed E-state index contributed by atoms with van der Waals surface area (Å²) < 4.78 is 0. The second kappa shape index (κ2) is 5.24. The van der Waals surface area contributed by atoms with Gasteiger partial charge in [0.15, 0.2) is 5.78 Å². The van der Waals surface area contributed by atoms with Crippen LogP contribution in [0.4, 0.5) is 0 Å². The lowest BCUT2D eigenvalue weighted by Crippen LogP contribution is -2.12. The van der Waals surface area contributed by atoms with Crippen LogP contribution in [0.3, 0.4) is 0 Å². The van der Waals surface area contributed by atoms with Crippen LogP contribution in [0.1, 0.15) is 27.4 Å². The van der Waals surface area contributed by atoms with Crippen LogP contribution in [0, 0.1) is 18.3 Å². The van der Waals surface area contributed by atoms with Gasteiger partial charge >= 0.3 is 0 Å². The van der Waals surface area contributed by atoms with Crippen LogP contribution in [-0.2, 0) is 0 Å². The number of hydrogen-bond donors (Lipinski definition) is 0. The molecule has 0 aliphatic heterocycles. The first kappa shape index (κ1) is 12.0. The van der Waals surface area contributed by atoms with E-state index in [0.717, 1.165) is 5.56 Å². The monoisotopic (exact) mass is 236 g/mol. The number of aryl methyl sites for hydroxylation is 1. The summed E-state index contributed by atoms with van der Waals surface area (Å²) in [6.07, 6.45) is 3.18. The molecule has 88 valence electrons. The molecule has 1 heterocycles. The zero-order valence-corrected chi connectivity index (χ0v) is 10.00. The molecule has 0 radical (unpaired) electrons. The van der Waals surface area contributed by atoms with E-state index >= 15 is 0 Å². The molecular weight excluding hydrogens is 224 g/mol. The number of carbonyl (C=O) groups excluding carboxylic acids is 1. The van der Waals surface area contributed by atoms with Crippen LogP contribution in [0.5, 0.6) is 0 Å². The summed E-state index contributed by atoms with van der Waals surface area (Å²) in [4.78, 5) is 16.3. The van der Waals surface area contributed by atoms with Gasteiger partial charge in [-0.3, -0.25) is 9.78 Å². The van der Waals surface area contributed by atoms with Crippen LogP contribution < -0.4 is 0 Å². The average molecular weight is 236 g/mol. The molecule has 3 heteroatoms. The molecule has 0 N–H and O–H groups in total. The topological polar surface area (TPSA) is 53.8 Å². The number of nitrogens with zero attached hydrogens (tertiary/aromatic N) is 2. The molecule has 1 aromatic carbocycles. The lowest BCUT2D eigenvalue weighted by Gasteiger charge is -2.09. The highest BCUT2D eigenvalue weighted by molar-refractivity contribution is 6.03. The summed E-state index contributed by atoms with van der Waals surface area (Å²) in [7, 11) is 0. The number of Topliss-reactive ketones (excluding diaryl/α,β-unsaturated/α-hetero) is 1. The van der Waals surface area contributed by atoms with Crippen molar-refractivity contribution in [1.82, 2.24) is 4.98 Å². The standard InChI is InChI=1S/C15H12N2O/c1-11-5-2-3-7-13(11)15(18)14(9-16)12-6-4-8-17-10-12/h2-8,10,14H,1H3. The Morgan fingerprint density at radius 3 is 2.67 bits per heavy atom. The van der Waals surface area contributed by atoms with Crippen molar-refractivity contribution in [3.63, 3.8) is 0 Å². The van der Waals surface area contributed by atoms with Crippen LogP contribution in [0.15, 0.2) is 48.8 Å². The Hall–Kier alpha value is -2.47. The molecule has 0 aliphatic rings. The van der Waals surface area contributed by atoms with E-state index in [-0.39, 0.29) is 5.78 Å². The van der Waals surface area contributed by atoms with Gasteiger partial charge in [-0.05, 0) is 24.1 Å². The van der Waals surface area contributed by atoms with Crippen molar-refractivity contribution >= 4 is 5.78 Å². The average Bonchev–Trinajstić information content (AvgIpc) is 2.41. The smallest absolute Gasteiger partial charge is 0.184 e. The molecule has 0 amide bonds. The van der Waals surface area contributed by atoms with Crippen LogP contribution >= 0.6 is 0 Å². The van der Waals surface area contributed by atoms with Crippen molar-refractivity contribution in [3.05, 3.63) is 65.5 Å². The number of ketones is 1. The van der Waals surface area contributed by atoms with Crippen molar-refractivity contribution in [2.75, 3.05) is 0 Å². The number of benzene rings is 1. The fourth-order valence-corrected chi connectivity index (χ4v) is 1.84. The predicted molar refractivity (Wildman–Crippen MR) is 68.1 cm³/mol. The van der Waals surface area contributed by atoms with Crippen molar-refractivity contribution in [3.8, 4) is 6.07 Å². The molecule has 0 spiro atoms. The summed E-state index contributed by atoms with van der Waals surface area (Å²) in [6.45, 7) is 1.87. The Balaban J connectivity index is 2.39. The molecular formula is C15H12N2O. The van der Waals surface area contributed by atoms with E-state index in [4.69, 9.17) is 0 Å². The molecule has 18 heavy (non-hydrogen) atoms. The zero-order valence-electron chi connectivity index (χ0n) is 10.00. The van der Waals surface area contributed by atoms with Gasteiger partial charge in [0.05, 0.1) is 6.07 Å². The van der Waals surface area contributed by atoms with Gasteiger partial charge in [0.2, 0.25) is 0 Å². The third kappa shape index (κ3) is 2.28. The quantitative estimate of drug-likeness (QED) is 0.770. The highest BCUT2D eigenvalue weighted by atomic mass is 16.1. The molecule has 1 aromatic heterocycles. The summed E-state index contributed by atoms with van der Waals surface area (Å²) in [5.74, 6) is -0.969. The lowest BCUT2D eigenvalue weighted by molar-refractivity contribution is 0.0978. The minimum atomic E-state index is -0.792. The third-order valence-corrected chi connectivity index (χ3v) is 2.82. The van der Waals surface area contributed by atoms with E-state index in [0.29, 0.717) is 11.1 Å². The number of nitriles is 1. The Morgan fingerprint density at radius 1 is 1.28 bits per heavy atom. The summed E-state index contributed by atoms with van der Waals surface area (Å²) in [5, 5.41) is 9.20. The number of aromatic nitrogens is 1. The Bertz CT molecular complexity index is 599. The van der Waals surface area contributed by atoms with Crippen LogP contribution in [0.2, 0.25) is 0 Å². The molecule has 2 rings (SSSR count). The molecule has 0 saturated heterocycles. The molecule has 0 fully saturated rings. The second-order valence-electron chi connectivity index (χ2n) is 4.03. The summed E-state index contributed by atoms with van der Waals surface area (Å²) >= 11 is 0. The first-order chi connectivity index (χ1) is 8.74. The molecule has 0 bridgehead atoms. The van der Waals surface area contributed by atoms with E-state index in [1.54, 1.807) is 36.7 Å². The number of carbonyl (C=O) groups is 1. The SMILES string of the molecule is Cc1ccccc1C(=O)C(C#N)c1cccnc1. The van der Waals surface area contributed by atoms with Gasteiger partial charge < -0.3 is 0 Å². The molecule has 1 unspecified atom stereocenters. The molecule has 2 aromatic rings. The maximum absolute atomic E-state index is 12.3. The maximum atomic E-state index is 12.3. The lowest BCUT2D eigenvalue weighted by atomic mass is 9.91. The largest absolute Gasteiger partial charge is 0.292 e. The maximum Gasteiger partial charge on any atom is 0.184 e. The third-order valence-electron chi connectivity index (χ3n) is 2.82. The summed E-state index contributed by atoms with van der Waals surface area (Å²) in [5.41, 5.74) is 2.10. The first-order valence-corrected chi connectivity index (χ1v) is 5.63. The fraction of sp³-hybridized carbons (Fsp3) is 0.133. The Kier molecular flexibility index (Phi) is 3.49. The van der Waals surface area contributed by atoms with Crippen molar-refractivity contribution < 1.29 is 4.79 Å². The van der Waals surface area contributed by atoms with E-state index in [1.165, 1.54) is 0 Å². The van der Waals surface area contributed by atoms with Gasteiger partial charge in [0.1, 0.15) is 5.92 Å². The summed E-state index contributed by atoms with van der Waals surface area (Å²) in [6, 6.07) is 12.8. The molecule has 0 aliphatic carbocycles. The minimum Gasteiger partial charge on any atom is -0.292 e. The van der Waals surface area contributed by atoms with Gasteiger partial charge in [-0.25, -0.2) is 0 Å². The van der Waals surface area contributed by atoms with Crippen molar-refractivity contribution in [2.45, 2.75) is 12.8 Å². The van der Waals surface area contributed by atoms with Crippen molar-refractivity contribution in [1.29, 1.82) is 5.26 Å². The zero-order chi connectivity index (χ0) is 13.0. The van der Waals surface area contributed by atoms with Crippen molar-refractivity contribution in [2.24, 2.45) is 0 Å². The van der Waals surface area contributed by atoms with Crippen LogP contribution in [0.25, 0.3) is 0 Å². The Labute approximate surface area is 106 Å². The first-order valence-electron chi connectivity index (χ1n) is 5.63. The molecule has 3 nitrogen and oxygen atoms in total. The highest BCUT2D eigenvalue weighted by Crippen LogP contribution is 2.21. The fourth-order valence-electron chi connectivity index (χ4n) is 1.84.